The Bertz CT molecular complexity index is 888. The lowest BCUT2D eigenvalue weighted by atomic mass is 9.98. The summed E-state index contributed by atoms with van der Waals surface area (Å²) in [7, 11) is 3.08. The van der Waals surface area contributed by atoms with E-state index in [9.17, 15) is 9.90 Å². The largest absolute Gasteiger partial charge is 0.493 e. The summed E-state index contributed by atoms with van der Waals surface area (Å²) in [5, 5.41) is 12.8. The Labute approximate surface area is 167 Å². The maximum atomic E-state index is 11.3. The van der Waals surface area contributed by atoms with Gasteiger partial charge in [-0.05, 0) is 12.1 Å². The number of hydrogen-bond donors (Lipinski definition) is 2. The Morgan fingerprint density at radius 2 is 1.93 bits per heavy atom. The Hall–Kier alpha value is -2.35. The quantitative estimate of drug-likeness (QED) is 0.723. The highest BCUT2D eigenvalue weighted by molar-refractivity contribution is 7.80. The second-order valence-electron chi connectivity index (χ2n) is 5.88. The number of thiocarbonyl (C=S) groups is 1. The molecule has 2 N–H and O–H groups in total. The first-order chi connectivity index (χ1) is 13.0. The lowest BCUT2D eigenvalue weighted by Crippen LogP contribution is -2.30. The molecular weight excluding hydrogens is 390 g/mol. The van der Waals surface area contributed by atoms with Crippen molar-refractivity contribution >= 4 is 40.5 Å². The third-order valence-electron chi connectivity index (χ3n) is 4.25. The van der Waals surface area contributed by atoms with Gasteiger partial charge >= 0.3 is 5.97 Å². The average Bonchev–Trinajstić information content (AvgIpc) is 2.78. The molecule has 1 aliphatic heterocycles. The number of aliphatic carboxylic acids is 1. The van der Waals surface area contributed by atoms with Crippen LogP contribution in [0.1, 0.15) is 23.7 Å². The Balaban J connectivity index is 2.19. The molecule has 27 heavy (non-hydrogen) atoms. The molecule has 0 saturated heterocycles. The molecule has 0 aromatic heterocycles. The van der Waals surface area contributed by atoms with Crippen LogP contribution in [0.4, 0.5) is 5.69 Å². The maximum Gasteiger partial charge on any atom is 0.306 e. The van der Waals surface area contributed by atoms with Crippen molar-refractivity contribution in [3.63, 3.8) is 0 Å². The zero-order valence-corrected chi connectivity index (χ0v) is 16.3. The third kappa shape index (κ3) is 3.85. The van der Waals surface area contributed by atoms with E-state index in [2.05, 4.69) is 5.32 Å². The van der Waals surface area contributed by atoms with Crippen molar-refractivity contribution in [3.8, 4) is 11.5 Å². The molecule has 3 rings (SSSR count). The molecule has 0 unspecified atom stereocenters. The van der Waals surface area contributed by atoms with Gasteiger partial charge in [0.1, 0.15) is 17.2 Å². The molecule has 8 heteroatoms. The van der Waals surface area contributed by atoms with Gasteiger partial charge in [-0.15, -0.1) is 0 Å². The van der Waals surface area contributed by atoms with Crippen molar-refractivity contribution in [3.05, 3.63) is 52.5 Å². The molecule has 2 aromatic rings. The van der Waals surface area contributed by atoms with Crippen molar-refractivity contribution in [1.82, 2.24) is 0 Å². The molecule has 2 atom stereocenters. The van der Waals surface area contributed by atoms with Gasteiger partial charge < -0.3 is 24.6 Å². The van der Waals surface area contributed by atoms with Crippen molar-refractivity contribution in [2.24, 2.45) is 0 Å². The zero-order valence-electron chi connectivity index (χ0n) is 14.7. The molecule has 0 bridgehead atoms. The first kappa shape index (κ1) is 19.4. The number of rotatable bonds is 5. The Morgan fingerprint density at radius 1 is 1.22 bits per heavy atom. The minimum absolute atomic E-state index is 0.260. The number of halogens is 1. The molecule has 0 radical (unpaired) electrons. The molecule has 1 aliphatic rings. The van der Waals surface area contributed by atoms with Gasteiger partial charge in [-0.3, -0.25) is 4.79 Å². The van der Waals surface area contributed by atoms with Gasteiger partial charge in [-0.25, -0.2) is 0 Å². The number of nitrogens with one attached hydrogen (secondary N) is 1. The van der Waals surface area contributed by atoms with Crippen molar-refractivity contribution in [2.45, 2.75) is 18.6 Å². The van der Waals surface area contributed by atoms with Crippen LogP contribution < -0.4 is 14.8 Å². The van der Waals surface area contributed by atoms with Gasteiger partial charge in [0.2, 0.25) is 0 Å². The molecule has 1 heterocycles. The summed E-state index contributed by atoms with van der Waals surface area (Å²) in [5.41, 5.74) is 2.00. The van der Waals surface area contributed by atoms with Gasteiger partial charge in [0, 0.05) is 11.1 Å². The highest BCUT2D eigenvalue weighted by atomic mass is 35.5. The number of methoxy groups -OCH3 is 2. The van der Waals surface area contributed by atoms with Crippen molar-refractivity contribution in [1.29, 1.82) is 0 Å². The fourth-order valence-electron chi connectivity index (χ4n) is 3.05. The normalized spacial score (nSPS) is 18.9. The number of fused-ring (bicyclic) bond motifs is 1. The molecule has 142 valence electrons. The average molecular weight is 408 g/mol. The molecule has 0 spiro atoms. The highest BCUT2D eigenvalue weighted by Crippen LogP contribution is 2.44. The summed E-state index contributed by atoms with van der Waals surface area (Å²) in [6.07, 6.45) is -1.76. The molecule has 0 saturated carbocycles. The highest BCUT2D eigenvalue weighted by Gasteiger charge is 2.33. The van der Waals surface area contributed by atoms with Crippen LogP contribution in [-0.2, 0) is 9.53 Å². The summed E-state index contributed by atoms with van der Waals surface area (Å²) in [5.74, 6) is 0.0205. The fourth-order valence-corrected chi connectivity index (χ4v) is 3.52. The second kappa shape index (κ2) is 8.12. The van der Waals surface area contributed by atoms with Crippen LogP contribution in [0.15, 0.2) is 36.4 Å². The number of ether oxygens (including phenoxy) is 3. The monoisotopic (exact) mass is 407 g/mol. The number of anilines is 1. The summed E-state index contributed by atoms with van der Waals surface area (Å²) in [6.45, 7) is 0. The lowest BCUT2D eigenvalue weighted by molar-refractivity contribution is -0.139. The van der Waals surface area contributed by atoms with Gasteiger partial charge in [0.05, 0.1) is 31.4 Å². The van der Waals surface area contributed by atoms with E-state index in [1.807, 2.05) is 18.2 Å². The van der Waals surface area contributed by atoms with Gasteiger partial charge in [0.25, 0.3) is 0 Å². The first-order valence-corrected chi connectivity index (χ1v) is 8.92. The Kier molecular flexibility index (Phi) is 5.84. The number of benzene rings is 2. The summed E-state index contributed by atoms with van der Waals surface area (Å²) in [6, 6.07) is 10.8. The summed E-state index contributed by atoms with van der Waals surface area (Å²) < 4.78 is 17.1. The van der Waals surface area contributed by atoms with Crippen LogP contribution in [0, 0.1) is 0 Å². The van der Waals surface area contributed by atoms with Gasteiger partial charge in [-0.1, -0.05) is 48.1 Å². The van der Waals surface area contributed by atoms with E-state index in [0.29, 0.717) is 27.8 Å². The molecule has 0 fully saturated rings. The van der Waals surface area contributed by atoms with Gasteiger partial charge in [-0.2, -0.15) is 0 Å². The second-order valence-corrected chi connectivity index (χ2v) is 6.73. The van der Waals surface area contributed by atoms with Crippen LogP contribution in [0.25, 0.3) is 0 Å². The van der Waals surface area contributed by atoms with Crippen LogP contribution >= 0.6 is 23.8 Å². The van der Waals surface area contributed by atoms with Gasteiger partial charge in [0.15, 0.2) is 11.5 Å². The van der Waals surface area contributed by atoms with E-state index in [4.69, 9.17) is 38.0 Å². The SMILES string of the molecule is COc1cccc([C@@H]2O[C@@H](CC(=O)O)C(=S)Nc3c(Cl)cccc32)c1OC. The molecule has 0 aliphatic carbocycles. The van der Waals surface area contributed by atoms with E-state index in [0.717, 1.165) is 5.56 Å². The predicted molar refractivity (Wildman–Crippen MR) is 106 cm³/mol. The standard InChI is InChI=1S/C19H18ClNO5S/c1-24-13-8-4-6-11(18(13)25-2)17-10-5-3-7-12(20)16(10)21-19(27)14(26-17)9-15(22)23/h3-8,14,17H,9H2,1-2H3,(H,21,27)(H,22,23)/t14-,17+/m0/s1. The maximum absolute atomic E-state index is 11.3. The van der Waals surface area contributed by atoms with E-state index in [-0.39, 0.29) is 11.4 Å². The van der Waals surface area contributed by atoms with E-state index < -0.39 is 18.2 Å². The number of carboxylic acids is 1. The summed E-state index contributed by atoms with van der Waals surface area (Å²) in [4.78, 5) is 11.6. The molecular formula is C19H18ClNO5S. The predicted octanol–water partition coefficient (Wildman–Crippen LogP) is 4.06. The first-order valence-electron chi connectivity index (χ1n) is 8.13. The number of carboxylic acid groups (broad SMARTS) is 1. The minimum atomic E-state index is -1.02. The van der Waals surface area contributed by atoms with Crippen LogP contribution in [0.2, 0.25) is 5.02 Å². The zero-order chi connectivity index (χ0) is 19.6. The Morgan fingerprint density at radius 3 is 2.59 bits per heavy atom. The lowest BCUT2D eigenvalue weighted by Gasteiger charge is -2.24. The number of hydrogen-bond acceptors (Lipinski definition) is 5. The third-order valence-corrected chi connectivity index (χ3v) is 4.93. The van der Waals surface area contributed by atoms with Crippen LogP contribution in [0.5, 0.6) is 11.5 Å². The summed E-state index contributed by atoms with van der Waals surface area (Å²) >= 11 is 11.7. The van der Waals surface area contributed by atoms with Crippen LogP contribution in [-0.4, -0.2) is 36.4 Å². The van der Waals surface area contributed by atoms with Crippen LogP contribution in [0.3, 0.4) is 0 Å². The van der Waals surface area contributed by atoms with Crippen molar-refractivity contribution in [2.75, 3.05) is 19.5 Å². The smallest absolute Gasteiger partial charge is 0.306 e. The topological polar surface area (TPSA) is 77.0 Å². The molecule has 0 amide bonds. The number of carbonyl (C=O) groups is 1. The fraction of sp³-hybridized carbons (Fsp3) is 0.263. The van der Waals surface area contributed by atoms with Crippen molar-refractivity contribution < 1.29 is 24.1 Å². The molecule has 6 nitrogen and oxygen atoms in total. The van der Waals surface area contributed by atoms with E-state index in [1.54, 1.807) is 25.3 Å². The number of para-hydroxylation sites is 2. The van der Waals surface area contributed by atoms with E-state index >= 15 is 0 Å². The minimum Gasteiger partial charge on any atom is -0.493 e. The van der Waals surface area contributed by atoms with E-state index in [1.165, 1.54) is 7.11 Å². The molecule has 2 aromatic carbocycles.